The first-order chi connectivity index (χ1) is 10.3. The Morgan fingerprint density at radius 3 is 2.68 bits per heavy atom. The zero-order valence-electron chi connectivity index (χ0n) is 13.0. The van der Waals surface area contributed by atoms with Gasteiger partial charge in [0.05, 0.1) is 17.6 Å². The van der Waals surface area contributed by atoms with Crippen LogP contribution in [0.5, 0.6) is 5.88 Å². The van der Waals surface area contributed by atoms with Crippen LogP contribution in [0.3, 0.4) is 0 Å². The summed E-state index contributed by atoms with van der Waals surface area (Å²) in [5.74, 6) is 0.368. The Hall–Kier alpha value is -1.37. The first-order valence-corrected chi connectivity index (χ1v) is 8.36. The number of aromatic nitrogens is 2. The molecule has 118 valence electrons. The van der Waals surface area contributed by atoms with Gasteiger partial charge < -0.3 is 9.29 Å². The Kier molecular flexibility index (Phi) is 5.26. The van der Waals surface area contributed by atoms with Gasteiger partial charge in [-0.05, 0) is 45.9 Å². The summed E-state index contributed by atoms with van der Waals surface area (Å²) in [6, 6.07) is 5.25. The first-order valence-electron chi connectivity index (χ1n) is 6.87. The number of rotatable bonds is 4. The molecular formula is C15H18ClN3O2S. The normalized spacial score (nSPS) is 13.7. The lowest BCUT2D eigenvalue weighted by molar-refractivity contribution is 0.326. The van der Waals surface area contributed by atoms with Crippen LogP contribution in [0.15, 0.2) is 22.6 Å². The Morgan fingerprint density at radius 2 is 2.05 bits per heavy atom. The van der Waals surface area contributed by atoms with Crippen molar-refractivity contribution in [3.05, 3.63) is 28.9 Å². The van der Waals surface area contributed by atoms with Crippen molar-refractivity contribution >= 4 is 40.2 Å². The number of fused-ring (bicyclic) bond motifs is 1. The fourth-order valence-electron chi connectivity index (χ4n) is 1.61. The molecule has 5 nitrogen and oxygen atoms in total. The fraction of sp³-hybridized carbons (Fsp3) is 0.400. The second-order valence-electron chi connectivity index (χ2n) is 5.58. The highest BCUT2D eigenvalue weighted by molar-refractivity contribution is 7.91. The molecule has 1 atom stereocenters. The van der Waals surface area contributed by atoms with Crippen molar-refractivity contribution in [3.63, 3.8) is 0 Å². The summed E-state index contributed by atoms with van der Waals surface area (Å²) in [5, 5.41) is 0.576. The van der Waals surface area contributed by atoms with Gasteiger partial charge in [0.15, 0.2) is 0 Å². The van der Waals surface area contributed by atoms with E-state index in [1.165, 1.54) is 6.21 Å². The van der Waals surface area contributed by atoms with Crippen molar-refractivity contribution in [1.29, 1.82) is 0 Å². The van der Waals surface area contributed by atoms with E-state index < -0.39 is 16.1 Å². The molecule has 0 aliphatic rings. The van der Waals surface area contributed by atoms with Gasteiger partial charge in [0, 0.05) is 5.02 Å². The highest BCUT2D eigenvalue weighted by atomic mass is 35.5. The Morgan fingerprint density at radius 1 is 1.32 bits per heavy atom. The van der Waals surface area contributed by atoms with Gasteiger partial charge in [-0.15, -0.1) is 0 Å². The highest BCUT2D eigenvalue weighted by Gasteiger charge is 2.26. The third kappa shape index (κ3) is 4.09. The van der Waals surface area contributed by atoms with Gasteiger partial charge in [-0.1, -0.05) is 16.0 Å². The monoisotopic (exact) mass is 339 g/mol. The minimum absolute atomic E-state index is 0.368. The molecule has 1 heterocycles. The van der Waals surface area contributed by atoms with E-state index in [9.17, 15) is 4.55 Å². The molecule has 7 heteroatoms. The molecule has 0 aliphatic heterocycles. The predicted octanol–water partition coefficient (Wildman–Crippen LogP) is 3.56. The van der Waals surface area contributed by atoms with Crippen LogP contribution in [-0.4, -0.2) is 32.1 Å². The quantitative estimate of drug-likeness (QED) is 0.630. The Labute approximate surface area is 138 Å². The van der Waals surface area contributed by atoms with Crippen LogP contribution >= 0.6 is 11.6 Å². The molecule has 0 radical (unpaired) electrons. The second kappa shape index (κ2) is 6.81. The van der Waals surface area contributed by atoms with Gasteiger partial charge in [0.2, 0.25) is 5.88 Å². The van der Waals surface area contributed by atoms with E-state index in [-0.39, 0.29) is 0 Å². The molecule has 0 saturated carbocycles. The van der Waals surface area contributed by atoms with Crippen molar-refractivity contribution in [2.24, 2.45) is 4.40 Å². The summed E-state index contributed by atoms with van der Waals surface area (Å²) in [4.78, 5) is 8.87. The molecule has 0 fully saturated rings. The summed E-state index contributed by atoms with van der Waals surface area (Å²) in [6.45, 7) is 7.89. The fourth-order valence-corrected chi connectivity index (χ4v) is 2.29. The molecule has 22 heavy (non-hydrogen) atoms. The minimum Gasteiger partial charge on any atom is -0.591 e. The third-order valence-corrected chi connectivity index (χ3v) is 4.27. The molecule has 0 N–H and O–H groups in total. The van der Waals surface area contributed by atoms with Crippen LogP contribution in [0.4, 0.5) is 0 Å². The lowest BCUT2D eigenvalue weighted by atomic mass is 10.3. The second-order valence-corrected chi connectivity index (χ2v) is 7.95. The topological polar surface area (TPSA) is 70.4 Å². The maximum Gasteiger partial charge on any atom is 0.242 e. The molecule has 0 aliphatic carbocycles. The summed E-state index contributed by atoms with van der Waals surface area (Å²) >= 11 is 4.61. The summed E-state index contributed by atoms with van der Waals surface area (Å²) in [5.41, 5.74) is 1.76. The van der Waals surface area contributed by atoms with Gasteiger partial charge in [-0.2, -0.15) is 0 Å². The number of ether oxygens (including phenoxy) is 1. The Bertz CT molecular complexity index is 701. The van der Waals surface area contributed by atoms with Crippen LogP contribution in [0.1, 0.15) is 33.4 Å². The van der Waals surface area contributed by atoms with Gasteiger partial charge in [-0.25, -0.2) is 9.97 Å². The van der Waals surface area contributed by atoms with Crippen molar-refractivity contribution in [3.8, 4) is 5.88 Å². The van der Waals surface area contributed by atoms with Gasteiger partial charge in [0.25, 0.3) is 0 Å². The highest BCUT2D eigenvalue weighted by Crippen LogP contribution is 2.22. The molecule has 2 rings (SSSR count). The summed E-state index contributed by atoms with van der Waals surface area (Å²) in [6.07, 6.45) is 1.44. The average molecular weight is 340 g/mol. The lowest BCUT2D eigenvalue weighted by Gasteiger charge is -2.17. The molecule has 1 unspecified atom stereocenters. The van der Waals surface area contributed by atoms with E-state index in [1.54, 1.807) is 18.2 Å². The van der Waals surface area contributed by atoms with Crippen LogP contribution in [0.25, 0.3) is 11.0 Å². The van der Waals surface area contributed by atoms with Crippen molar-refractivity contribution < 1.29 is 9.29 Å². The van der Waals surface area contributed by atoms with E-state index in [4.69, 9.17) is 16.3 Å². The van der Waals surface area contributed by atoms with Crippen molar-refractivity contribution in [2.45, 2.75) is 32.4 Å². The van der Waals surface area contributed by atoms with Gasteiger partial charge >= 0.3 is 0 Å². The molecular weight excluding hydrogens is 322 g/mol. The molecule has 0 bridgehead atoms. The van der Waals surface area contributed by atoms with Crippen LogP contribution < -0.4 is 4.74 Å². The van der Waals surface area contributed by atoms with E-state index >= 15 is 0 Å². The lowest BCUT2D eigenvalue weighted by Crippen LogP contribution is -2.25. The van der Waals surface area contributed by atoms with Crippen LogP contribution in [0.2, 0.25) is 5.02 Å². The molecule has 0 spiro atoms. The standard InChI is InChI=1S/C15H18ClN3O2S/c1-5-21-14-13(9-17-22(20)15(2,3)4)18-12-8-10(16)6-7-11(12)19-14/h6-9H,5H2,1-4H3. The zero-order valence-corrected chi connectivity index (χ0v) is 14.5. The third-order valence-electron chi connectivity index (χ3n) is 2.70. The zero-order chi connectivity index (χ0) is 16.3. The van der Waals surface area contributed by atoms with E-state index in [1.807, 2.05) is 27.7 Å². The molecule has 1 aromatic heterocycles. The summed E-state index contributed by atoms with van der Waals surface area (Å²) in [7, 11) is 0. The molecule has 2 aromatic rings. The summed E-state index contributed by atoms with van der Waals surface area (Å²) < 4.78 is 21.2. The van der Waals surface area contributed by atoms with Crippen molar-refractivity contribution in [1.82, 2.24) is 9.97 Å². The Balaban J connectivity index is 2.45. The van der Waals surface area contributed by atoms with Gasteiger partial charge in [0.1, 0.15) is 28.0 Å². The van der Waals surface area contributed by atoms with Gasteiger partial charge in [-0.3, -0.25) is 0 Å². The number of benzene rings is 1. The predicted molar refractivity (Wildman–Crippen MR) is 91.2 cm³/mol. The average Bonchev–Trinajstić information content (AvgIpc) is 2.44. The largest absolute Gasteiger partial charge is 0.591 e. The van der Waals surface area contributed by atoms with E-state index in [0.717, 1.165) is 0 Å². The number of nitrogens with zero attached hydrogens (tertiary/aromatic N) is 3. The van der Waals surface area contributed by atoms with Crippen molar-refractivity contribution in [2.75, 3.05) is 6.61 Å². The minimum atomic E-state index is -1.37. The first kappa shape index (κ1) is 17.0. The van der Waals surface area contributed by atoms with E-state index in [0.29, 0.717) is 34.2 Å². The van der Waals surface area contributed by atoms with Crippen LogP contribution in [0, 0.1) is 0 Å². The van der Waals surface area contributed by atoms with E-state index in [2.05, 4.69) is 14.4 Å². The number of hydrogen-bond donors (Lipinski definition) is 0. The molecule has 0 amide bonds. The molecule has 1 aromatic carbocycles. The number of halogens is 1. The smallest absolute Gasteiger partial charge is 0.242 e. The number of hydrogen-bond acceptors (Lipinski definition) is 5. The SMILES string of the molecule is CCOc1nc2ccc(Cl)cc2nc1C=N[S+]([O-])C(C)(C)C. The van der Waals surface area contributed by atoms with Crippen LogP contribution in [-0.2, 0) is 11.4 Å². The molecule has 0 saturated heterocycles. The maximum absolute atomic E-state index is 12.0. The maximum atomic E-state index is 12.0.